The summed E-state index contributed by atoms with van der Waals surface area (Å²) in [4.78, 5) is 24.0. The Morgan fingerprint density at radius 1 is 1.15 bits per heavy atom. The minimum absolute atomic E-state index is 0.199. The number of imidazole rings is 1. The Morgan fingerprint density at radius 3 is 2.96 bits per heavy atom. The van der Waals surface area contributed by atoms with Crippen molar-refractivity contribution in [3.8, 4) is 5.75 Å². The van der Waals surface area contributed by atoms with E-state index in [9.17, 15) is 4.79 Å². The van der Waals surface area contributed by atoms with Crippen molar-refractivity contribution < 1.29 is 23.1 Å². The third-order valence-electron chi connectivity index (χ3n) is 3.52. The van der Waals surface area contributed by atoms with Gasteiger partial charge in [0, 0.05) is 0 Å². The van der Waals surface area contributed by atoms with Gasteiger partial charge in [0.25, 0.3) is 0 Å². The average Bonchev–Trinajstić information content (AvgIpc) is 3.06. The number of carbonyl (C=O) groups excluding carboxylic acids is 1. The van der Waals surface area contributed by atoms with Crippen LogP contribution < -0.4 is 10.3 Å². The van der Waals surface area contributed by atoms with Gasteiger partial charge in [-0.25, -0.2) is 19.7 Å². The van der Waals surface area contributed by atoms with Crippen molar-refractivity contribution in [1.82, 2.24) is 19.5 Å². The zero-order chi connectivity index (χ0) is 17.9. The van der Waals surface area contributed by atoms with Crippen LogP contribution in [0.4, 0.5) is 5.82 Å². The van der Waals surface area contributed by atoms with E-state index in [1.807, 2.05) is 0 Å². The van der Waals surface area contributed by atoms with Crippen molar-refractivity contribution in [3.63, 3.8) is 0 Å². The summed E-state index contributed by atoms with van der Waals surface area (Å²) in [5.74, 6) is 0.315. The molecule has 1 unspecified atom stereocenters. The standard InChI is InChI=1S/C15H14N5O5P/c16-13-12-14(18-7-17-13)20(8-19-12)9-22-5-6-23-26-24-11-4-2-1-3-10(11)15(21)25-26/h1-4,7-8H,5-6,9H2,(H2,16,17,18). The first-order chi connectivity index (χ1) is 12.7. The molecule has 3 aromatic rings. The maximum atomic E-state index is 11.9. The summed E-state index contributed by atoms with van der Waals surface area (Å²) >= 11 is 0. The molecule has 4 rings (SSSR count). The smallest absolute Gasteiger partial charge is 0.417 e. The Morgan fingerprint density at radius 2 is 2.04 bits per heavy atom. The Labute approximate surface area is 148 Å². The molecular formula is C15H14N5O5P. The summed E-state index contributed by atoms with van der Waals surface area (Å²) in [7, 11) is -1.78. The molecule has 3 heterocycles. The van der Waals surface area contributed by atoms with Crippen molar-refractivity contribution in [2.75, 3.05) is 18.9 Å². The summed E-state index contributed by atoms with van der Waals surface area (Å²) in [6.07, 6.45) is 2.94. The van der Waals surface area contributed by atoms with Gasteiger partial charge in [0.15, 0.2) is 11.5 Å². The first-order valence-electron chi connectivity index (χ1n) is 7.64. The van der Waals surface area contributed by atoms with E-state index in [1.54, 1.807) is 35.2 Å². The summed E-state index contributed by atoms with van der Waals surface area (Å²) in [5.41, 5.74) is 7.23. The van der Waals surface area contributed by atoms with Crippen LogP contribution in [0, 0.1) is 0 Å². The molecule has 11 heteroatoms. The van der Waals surface area contributed by atoms with Crippen LogP contribution in [0.1, 0.15) is 10.4 Å². The van der Waals surface area contributed by atoms with Crippen molar-refractivity contribution in [2.24, 2.45) is 0 Å². The number of aromatic nitrogens is 4. The van der Waals surface area contributed by atoms with Gasteiger partial charge in [-0.05, 0) is 12.1 Å². The van der Waals surface area contributed by atoms with Gasteiger partial charge in [-0.15, -0.1) is 0 Å². The number of rotatable bonds is 6. The summed E-state index contributed by atoms with van der Waals surface area (Å²) in [5, 5.41) is 0. The summed E-state index contributed by atoms with van der Waals surface area (Å²) < 4.78 is 23.3. The lowest BCUT2D eigenvalue weighted by Crippen LogP contribution is -2.15. The number of para-hydroxylation sites is 1. The molecule has 0 saturated carbocycles. The van der Waals surface area contributed by atoms with Crippen LogP contribution >= 0.6 is 8.60 Å². The number of fused-ring (bicyclic) bond motifs is 2. The second-order valence-corrected chi connectivity index (χ2v) is 6.28. The zero-order valence-electron chi connectivity index (χ0n) is 13.4. The number of nitrogens with zero attached hydrogens (tertiary/aromatic N) is 4. The van der Waals surface area contributed by atoms with Crippen LogP contribution in [0.2, 0.25) is 0 Å². The Kier molecular flexibility index (Phi) is 4.61. The van der Waals surface area contributed by atoms with E-state index in [-0.39, 0.29) is 19.9 Å². The summed E-state index contributed by atoms with van der Waals surface area (Å²) in [6.45, 7) is 0.685. The molecule has 0 bridgehead atoms. The van der Waals surface area contributed by atoms with Crippen LogP contribution in [0.25, 0.3) is 11.2 Å². The normalized spacial score (nSPS) is 16.2. The predicted octanol–water partition coefficient (Wildman–Crippen LogP) is 1.88. The number of hydrogen-bond acceptors (Lipinski definition) is 9. The van der Waals surface area contributed by atoms with E-state index in [1.165, 1.54) is 6.33 Å². The van der Waals surface area contributed by atoms with Gasteiger partial charge in [0.05, 0.1) is 19.5 Å². The van der Waals surface area contributed by atoms with Crippen molar-refractivity contribution in [2.45, 2.75) is 6.73 Å². The molecule has 0 radical (unpaired) electrons. The monoisotopic (exact) mass is 375 g/mol. The average molecular weight is 375 g/mol. The topological polar surface area (TPSA) is 124 Å². The molecule has 0 amide bonds. The Hall–Kier alpha value is -2.81. The highest BCUT2D eigenvalue weighted by Crippen LogP contribution is 2.46. The number of hydrogen-bond donors (Lipinski definition) is 1. The maximum absolute atomic E-state index is 11.9. The molecule has 2 N–H and O–H groups in total. The van der Waals surface area contributed by atoms with Crippen LogP contribution in [-0.4, -0.2) is 38.7 Å². The quantitative estimate of drug-likeness (QED) is 0.508. The SMILES string of the molecule is Nc1ncnc2c1ncn2COCCOP1OC(=O)c2ccccc2O1. The Balaban J connectivity index is 1.26. The molecule has 1 aliphatic heterocycles. The molecule has 10 nitrogen and oxygen atoms in total. The first-order valence-corrected chi connectivity index (χ1v) is 8.73. The zero-order valence-corrected chi connectivity index (χ0v) is 14.3. The summed E-state index contributed by atoms with van der Waals surface area (Å²) in [6, 6.07) is 6.85. The van der Waals surface area contributed by atoms with Gasteiger partial charge in [0.1, 0.15) is 29.9 Å². The second-order valence-electron chi connectivity index (χ2n) is 5.21. The molecule has 134 valence electrons. The van der Waals surface area contributed by atoms with Gasteiger partial charge >= 0.3 is 14.6 Å². The predicted molar refractivity (Wildman–Crippen MR) is 91.0 cm³/mol. The van der Waals surface area contributed by atoms with Gasteiger partial charge in [-0.1, -0.05) is 12.1 Å². The van der Waals surface area contributed by atoms with E-state index in [0.717, 1.165) is 0 Å². The lowest BCUT2D eigenvalue weighted by atomic mass is 10.2. The fourth-order valence-corrected chi connectivity index (χ4v) is 3.23. The molecular weight excluding hydrogens is 361 g/mol. The minimum atomic E-state index is -1.78. The van der Waals surface area contributed by atoms with Gasteiger partial charge < -0.3 is 19.5 Å². The largest absolute Gasteiger partial charge is 0.465 e. The number of anilines is 1. The van der Waals surface area contributed by atoms with Crippen LogP contribution in [0.3, 0.4) is 0 Å². The molecule has 0 saturated heterocycles. The maximum Gasteiger partial charge on any atom is 0.465 e. The number of nitrogen functional groups attached to an aromatic ring is 1. The number of carbonyl (C=O) groups is 1. The van der Waals surface area contributed by atoms with E-state index >= 15 is 0 Å². The number of benzene rings is 1. The van der Waals surface area contributed by atoms with Crippen molar-refractivity contribution >= 4 is 31.6 Å². The lowest BCUT2D eigenvalue weighted by molar-refractivity contribution is 0.0461. The van der Waals surface area contributed by atoms with Crippen molar-refractivity contribution in [3.05, 3.63) is 42.5 Å². The molecule has 1 atom stereocenters. The van der Waals surface area contributed by atoms with Crippen LogP contribution in [0.5, 0.6) is 5.75 Å². The molecule has 1 aliphatic rings. The third kappa shape index (κ3) is 3.30. The number of ether oxygens (including phenoxy) is 1. The first kappa shape index (κ1) is 16.6. The molecule has 0 fully saturated rings. The van der Waals surface area contributed by atoms with Gasteiger partial charge in [-0.2, -0.15) is 0 Å². The Bertz CT molecular complexity index is 949. The fourth-order valence-electron chi connectivity index (χ4n) is 2.31. The van der Waals surface area contributed by atoms with Gasteiger partial charge in [0.2, 0.25) is 0 Å². The molecule has 1 aromatic carbocycles. The van der Waals surface area contributed by atoms with E-state index in [4.69, 9.17) is 24.0 Å². The minimum Gasteiger partial charge on any atom is -0.417 e. The van der Waals surface area contributed by atoms with Crippen molar-refractivity contribution in [1.29, 1.82) is 0 Å². The molecule has 0 spiro atoms. The van der Waals surface area contributed by atoms with E-state index in [2.05, 4.69) is 15.0 Å². The highest BCUT2D eigenvalue weighted by Gasteiger charge is 2.30. The van der Waals surface area contributed by atoms with Gasteiger partial charge in [-0.3, -0.25) is 9.09 Å². The lowest BCUT2D eigenvalue weighted by Gasteiger charge is -2.22. The molecule has 2 aromatic heterocycles. The highest BCUT2D eigenvalue weighted by atomic mass is 31.2. The fraction of sp³-hybridized carbons (Fsp3) is 0.200. The third-order valence-corrected chi connectivity index (χ3v) is 4.58. The van der Waals surface area contributed by atoms with E-state index in [0.29, 0.717) is 28.3 Å². The van der Waals surface area contributed by atoms with Crippen LogP contribution in [0.15, 0.2) is 36.9 Å². The number of nitrogens with two attached hydrogens (primary N) is 1. The van der Waals surface area contributed by atoms with Crippen LogP contribution in [-0.2, 0) is 20.5 Å². The second kappa shape index (κ2) is 7.20. The molecule has 26 heavy (non-hydrogen) atoms. The molecule has 0 aliphatic carbocycles. The highest BCUT2D eigenvalue weighted by molar-refractivity contribution is 7.43. The van der Waals surface area contributed by atoms with E-state index < -0.39 is 14.6 Å².